The lowest BCUT2D eigenvalue weighted by Crippen LogP contribution is -2.12. The van der Waals surface area contributed by atoms with Crippen LogP contribution in [0.4, 0.5) is 0 Å². The highest BCUT2D eigenvalue weighted by molar-refractivity contribution is 5.96. The normalized spacial score (nSPS) is 17.3. The van der Waals surface area contributed by atoms with Gasteiger partial charge in [-0.05, 0) is 76.1 Å². The maximum absolute atomic E-state index is 12.4. The Morgan fingerprint density at radius 3 is 2.57 bits per heavy atom. The zero-order valence-electron chi connectivity index (χ0n) is 14.6. The number of carbonyl (C=O) groups is 1. The van der Waals surface area contributed by atoms with Crippen LogP contribution in [0.2, 0.25) is 0 Å². The minimum Gasteiger partial charge on any atom is -0.497 e. The number of benzene rings is 1. The van der Waals surface area contributed by atoms with E-state index in [0.717, 1.165) is 37.0 Å². The third-order valence-corrected chi connectivity index (χ3v) is 4.52. The quantitative estimate of drug-likeness (QED) is 0.474. The average molecular weight is 312 g/mol. The average Bonchev–Trinajstić information content (AvgIpc) is 2.56. The molecule has 2 heteroatoms. The third kappa shape index (κ3) is 5.70. The predicted octanol–water partition coefficient (Wildman–Crippen LogP) is 5.74. The molecule has 0 aromatic heterocycles. The van der Waals surface area contributed by atoms with Crippen LogP contribution < -0.4 is 4.74 Å². The summed E-state index contributed by atoms with van der Waals surface area (Å²) >= 11 is 0. The molecule has 1 aromatic rings. The third-order valence-electron chi connectivity index (χ3n) is 4.52. The van der Waals surface area contributed by atoms with E-state index in [4.69, 9.17) is 4.74 Å². The Balaban J connectivity index is 1.81. The van der Waals surface area contributed by atoms with Gasteiger partial charge in [0.25, 0.3) is 0 Å². The molecule has 0 bridgehead atoms. The zero-order chi connectivity index (χ0) is 16.7. The van der Waals surface area contributed by atoms with Gasteiger partial charge in [-0.2, -0.15) is 0 Å². The summed E-state index contributed by atoms with van der Waals surface area (Å²) in [5, 5.41) is 0. The summed E-state index contributed by atoms with van der Waals surface area (Å²) in [5.41, 5.74) is 3.75. The van der Waals surface area contributed by atoms with Gasteiger partial charge in [-0.15, -0.1) is 0 Å². The maximum atomic E-state index is 12.4. The lowest BCUT2D eigenvalue weighted by Gasteiger charge is -2.21. The van der Waals surface area contributed by atoms with Crippen molar-refractivity contribution >= 4 is 5.78 Å². The van der Waals surface area contributed by atoms with Crippen LogP contribution in [0.5, 0.6) is 5.75 Å². The van der Waals surface area contributed by atoms with E-state index in [1.165, 1.54) is 12.0 Å². The molecular formula is C21H28O2. The number of carbonyl (C=O) groups excluding carboxylic acids is 1. The molecule has 0 fully saturated rings. The molecule has 0 aliphatic heterocycles. The summed E-state index contributed by atoms with van der Waals surface area (Å²) in [6, 6.07) is 7.44. The first-order valence-corrected chi connectivity index (χ1v) is 8.57. The zero-order valence-corrected chi connectivity index (χ0v) is 14.6. The fraction of sp³-hybridized carbons (Fsp3) is 0.476. The van der Waals surface area contributed by atoms with Crippen molar-refractivity contribution in [1.82, 2.24) is 0 Å². The standard InChI is InChI=1S/C21H28O2/c1-16(2)5-4-6-17-7-9-18(10-8-17)15-21(22)19-11-13-20(23-3)14-12-19/h5,7,11-14,18H,4,6,8-10,15H2,1-3H3. The number of methoxy groups -OCH3 is 1. The van der Waals surface area contributed by atoms with E-state index in [1.807, 2.05) is 24.3 Å². The molecule has 23 heavy (non-hydrogen) atoms. The molecule has 1 aliphatic carbocycles. The molecule has 2 rings (SSSR count). The molecule has 0 N–H and O–H groups in total. The molecule has 1 aromatic carbocycles. The van der Waals surface area contributed by atoms with Crippen molar-refractivity contribution in [3.8, 4) is 5.75 Å². The number of hydrogen-bond acceptors (Lipinski definition) is 2. The molecule has 1 aliphatic rings. The number of rotatable bonds is 7. The monoisotopic (exact) mass is 312 g/mol. The maximum Gasteiger partial charge on any atom is 0.163 e. The summed E-state index contributed by atoms with van der Waals surface area (Å²) < 4.78 is 5.13. The van der Waals surface area contributed by atoms with Gasteiger partial charge < -0.3 is 4.74 Å². The highest BCUT2D eigenvalue weighted by Gasteiger charge is 2.18. The molecule has 2 nitrogen and oxygen atoms in total. The smallest absolute Gasteiger partial charge is 0.163 e. The Morgan fingerprint density at radius 1 is 1.26 bits per heavy atom. The van der Waals surface area contributed by atoms with E-state index in [0.29, 0.717) is 12.3 Å². The van der Waals surface area contributed by atoms with Crippen molar-refractivity contribution < 1.29 is 9.53 Å². The first-order valence-electron chi connectivity index (χ1n) is 8.57. The summed E-state index contributed by atoms with van der Waals surface area (Å²) in [6.45, 7) is 4.30. The minimum atomic E-state index is 0.249. The lowest BCUT2D eigenvalue weighted by molar-refractivity contribution is 0.0958. The van der Waals surface area contributed by atoms with E-state index in [9.17, 15) is 4.79 Å². The van der Waals surface area contributed by atoms with Crippen LogP contribution in [0, 0.1) is 5.92 Å². The van der Waals surface area contributed by atoms with E-state index < -0.39 is 0 Å². The minimum absolute atomic E-state index is 0.249. The summed E-state index contributed by atoms with van der Waals surface area (Å²) in [4.78, 5) is 12.4. The van der Waals surface area contributed by atoms with E-state index in [2.05, 4.69) is 26.0 Å². The molecule has 0 spiro atoms. The highest BCUT2D eigenvalue weighted by atomic mass is 16.5. The van der Waals surface area contributed by atoms with Crippen molar-refractivity contribution in [1.29, 1.82) is 0 Å². The van der Waals surface area contributed by atoms with Crippen molar-refractivity contribution in [3.05, 3.63) is 53.1 Å². The Labute approximate surface area is 140 Å². The molecular weight excluding hydrogens is 284 g/mol. The van der Waals surface area contributed by atoms with Gasteiger partial charge in [-0.1, -0.05) is 23.3 Å². The van der Waals surface area contributed by atoms with Gasteiger partial charge in [0.2, 0.25) is 0 Å². The fourth-order valence-electron chi connectivity index (χ4n) is 3.06. The molecule has 0 radical (unpaired) electrons. The number of hydrogen-bond donors (Lipinski definition) is 0. The Bertz CT molecular complexity index is 574. The second-order valence-electron chi connectivity index (χ2n) is 6.68. The molecule has 124 valence electrons. The van der Waals surface area contributed by atoms with Crippen molar-refractivity contribution in [2.75, 3.05) is 7.11 Å². The van der Waals surface area contributed by atoms with Gasteiger partial charge in [0, 0.05) is 12.0 Å². The SMILES string of the molecule is COc1ccc(C(=O)CC2CC=C(CCC=C(C)C)CC2)cc1. The van der Waals surface area contributed by atoms with Gasteiger partial charge in [0.1, 0.15) is 5.75 Å². The predicted molar refractivity (Wildman–Crippen MR) is 96.0 cm³/mol. The van der Waals surface area contributed by atoms with Gasteiger partial charge in [-0.3, -0.25) is 4.79 Å². The summed E-state index contributed by atoms with van der Waals surface area (Å²) in [7, 11) is 1.64. The van der Waals surface area contributed by atoms with E-state index >= 15 is 0 Å². The Morgan fingerprint density at radius 2 is 2.00 bits per heavy atom. The largest absolute Gasteiger partial charge is 0.497 e. The van der Waals surface area contributed by atoms with Crippen LogP contribution in [0.1, 0.15) is 62.7 Å². The van der Waals surface area contributed by atoms with Crippen molar-refractivity contribution in [2.24, 2.45) is 5.92 Å². The first kappa shape index (κ1) is 17.5. The Hall–Kier alpha value is -1.83. The van der Waals surface area contributed by atoms with Crippen LogP contribution in [-0.4, -0.2) is 12.9 Å². The summed E-state index contributed by atoms with van der Waals surface area (Å²) in [5.74, 6) is 1.54. The van der Waals surface area contributed by atoms with Gasteiger partial charge in [0.15, 0.2) is 5.78 Å². The van der Waals surface area contributed by atoms with Gasteiger partial charge in [-0.25, -0.2) is 0 Å². The molecule has 1 unspecified atom stereocenters. The topological polar surface area (TPSA) is 26.3 Å². The number of allylic oxidation sites excluding steroid dienone is 4. The van der Waals surface area contributed by atoms with Crippen molar-refractivity contribution in [2.45, 2.75) is 52.4 Å². The molecule has 0 saturated carbocycles. The highest BCUT2D eigenvalue weighted by Crippen LogP contribution is 2.29. The van der Waals surface area contributed by atoms with Crippen molar-refractivity contribution in [3.63, 3.8) is 0 Å². The number of ether oxygens (including phenoxy) is 1. The van der Waals surface area contributed by atoms with Crippen LogP contribution in [-0.2, 0) is 0 Å². The summed E-state index contributed by atoms with van der Waals surface area (Å²) in [6.07, 6.45) is 11.0. The lowest BCUT2D eigenvalue weighted by atomic mass is 9.84. The molecule has 1 atom stereocenters. The van der Waals surface area contributed by atoms with Crippen LogP contribution in [0.3, 0.4) is 0 Å². The molecule has 0 amide bonds. The van der Waals surface area contributed by atoms with Gasteiger partial charge >= 0.3 is 0 Å². The van der Waals surface area contributed by atoms with Gasteiger partial charge in [0.05, 0.1) is 7.11 Å². The van der Waals surface area contributed by atoms with Crippen LogP contribution >= 0.6 is 0 Å². The van der Waals surface area contributed by atoms with Crippen LogP contribution in [0.15, 0.2) is 47.6 Å². The van der Waals surface area contributed by atoms with E-state index in [-0.39, 0.29) is 5.78 Å². The van der Waals surface area contributed by atoms with Crippen LogP contribution in [0.25, 0.3) is 0 Å². The van der Waals surface area contributed by atoms with E-state index in [1.54, 1.807) is 12.7 Å². The second kappa shape index (κ2) is 8.71. The second-order valence-corrected chi connectivity index (χ2v) is 6.68. The first-order chi connectivity index (χ1) is 11.1. The number of Topliss-reactive ketones (excluding diaryl/α,β-unsaturated/α-hetero) is 1. The Kier molecular flexibility index (Phi) is 6.64. The fourth-order valence-corrected chi connectivity index (χ4v) is 3.06. The molecule has 0 heterocycles. The molecule has 0 saturated heterocycles. The number of ketones is 1.